The van der Waals surface area contributed by atoms with Gasteiger partial charge in [-0.15, -0.1) is 0 Å². The molecule has 63 heavy (non-hydrogen) atoms. The number of carbonyl (C=O) groups is 4. The number of aliphatic hydroxyl groups is 1. The minimum atomic E-state index is -1.36. The number of amides is 4. The highest BCUT2D eigenvalue weighted by Crippen LogP contribution is 2.28. The van der Waals surface area contributed by atoms with Gasteiger partial charge in [0.05, 0.1) is 18.8 Å². The molecule has 1 unspecified atom stereocenters. The van der Waals surface area contributed by atoms with Gasteiger partial charge in [0.25, 0.3) is 0 Å². The Bertz CT molecular complexity index is 2220. The van der Waals surface area contributed by atoms with Crippen LogP contribution in [0.5, 0.6) is 0 Å². The summed E-state index contributed by atoms with van der Waals surface area (Å²) in [6, 6.07) is 30.1. The van der Waals surface area contributed by atoms with E-state index in [1.807, 2.05) is 72.8 Å². The molecule has 0 spiro atoms. The zero-order valence-electron chi connectivity index (χ0n) is 35.8. The number of nitrogens with one attached hydrogen (secondary N) is 3. The molecule has 1 aliphatic heterocycles. The average molecular weight is 882 g/mol. The van der Waals surface area contributed by atoms with Crippen molar-refractivity contribution < 1.29 is 42.9 Å². The van der Waals surface area contributed by atoms with Crippen LogP contribution in [0.1, 0.15) is 81.6 Å². The summed E-state index contributed by atoms with van der Waals surface area (Å²) in [7, 11) is 0. The molecule has 15 heteroatoms. The van der Waals surface area contributed by atoms with E-state index in [1.165, 1.54) is 4.90 Å². The first-order valence-electron chi connectivity index (χ1n) is 21.3. The molecule has 4 amide bonds. The normalized spacial score (nSPS) is 16.5. The summed E-state index contributed by atoms with van der Waals surface area (Å²) in [4.78, 5) is 60.9. The predicted octanol–water partition coefficient (Wildman–Crippen LogP) is 7.81. The summed E-state index contributed by atoms with van der Waals surface area (Å²) < 4.78 is 23.1. The number of carbonyl (C=O) groups excluding carboxylic acids is 4. The maximum atomic E-state index is 14.8. The van der Waals surface area contributed by atoms with Crippen LogP contribution in [0.3, 0.4) is 0 Å². The number of nitrogens with zero attached hydrogens (tertiary/aromatic N) is 2. The number of halogens is 1. The number of alkyl carbamates (subject to hydrolysis) is 2. The lowest BCUT2D eigenvalue weighted by atomic mass is 10.0. The number of rotatable bonds is 19. The number of hydrogen-bond acceptors (Lipinski definition) is 10. The second-order valence-electron chi connectivity index (χ2n) is 16.6. The van der Waals surface area contributed by atoms with Crippen LogP contribution < -0.4 is 16.0 Å². The summed E-state index contributed by atoms with van der Waals surface area (Å²) >= 11 is 6.11. The van der Waals surface area contributed by atoms with Crippen LogP contribution >= 0.6 is 11.6 Å². The number of oxazole rings is 1. The highest BCUT2D eigenvalue weighted by atomic mass is 35.5. The Hall–Kier alpha value is -5.96. The molecular formula is C48H56ClN5O9. The third-order valence-electron chi connectivity index (χ3n) is 10.5. The van der Waals surface area contributed by atoms with E-state index >= 15 is 0 Å². The van der Waals surface area contributed by atoms with Crippen molar-refractivity contribution in [3.8, 4) is 0 Å². The van der Waals surface area contributed by atoms with Crippen LogP contribution in [0.25, 0.3) is 11.1 Å². The maximum Gasteiger partial charge on any atom is 0.408 e. The van der Waals surface area contributed by atoms with Gasteiger partial charge in [-0.3, -0.25) is 9.59 Å². The Morgan fingerprint density at radius 2 is 1.49 bits per heavy atom. The Labute approximate surface area is 372 Å². The lowest BCUT2D eigenvalue weighted by Gasteiger charge is -2.30. The Kier molecular flexibility index (Phi) is 16.6. The largest absolute Gasteiger partial charge is 0.445 e. The number of para-hydroxylation sites is 2. The predicted molar refractivity (Wildman–Crippen MR) is 237 cm³/mol. The number of fused-ring (bicyclic) bond motifs is 1. The van der Waals surface area contributed by atoms with Crippen LogP contribution in [-0.2, 0) is 43.4 Å². The zero-order valence-corrected chi connectivity index (χ0v) is 36.6. The molecule has 1 aromatic heterocycles. The topological polar surface area (TPSA) is 182 Å². The van der Waals surface area contributed by atoms with Crippen molar-refractivity contribution >= 4 is 46.7 Å². The van der Waals surface area contributed by atoms with Crippen LogP contribution in [-0.4, -0.2) is 81.9 Å². The summed E-state index contributed by atoms with van der Waals surface area (Å²) in [5.41, 5.74) is 2.97. The van der Waals surface area contributed by atoms with Crippen molar-refractivity contribution in [3.05, 3.63) is 137 Å². The second kappa shape index (κ2) is 22.4. The van der Waals surface area contributed by atoms with Gasteiger partial charge in [0, 0.05) is 24.5 Å². The van der Waals surface area contributed by atoms with Crippen molar-refractivity contribution in [2.75, 3.05) is 13.1 Å². The number of likely N-dealkylation sites (tertiary alicyclic amines) is 1. The van der Waals surface area contributed by atoms with Gasteiger partial charge in [0.2, 0.25) is 17.7 Å². The molecular weight excluding hydrogens is 826 g/mol. The fourth-order valence-electron chi connectivity index (χ4n) is 7.30. The van der Waals surface area contributed by atoms with Gasteiger partial charge in [0.1, 0.15) is 29.8 Å². The van der Waals surface area contributed by atoms with E-state index in [9.17, 15) is 24.3 Å². The fraction of sp³-hybridized carbons (Fsp3) is 0.396. The third kappa shape index (κ3) is 14.3. The number of hydrogen-bond donors (Lipinski definition) is 4. The van der Waals surface area contributed by atoms with Crippen molar-refractivity contribution in [2.24, 2.45) is 0 Å². The summed E-state index contributed by atoms with van der Waals surface area (Å²) in [5.74, 6) is -0.984. The third-order valence-corrected chi connectivity index (χ3v) is 10.7. The van der Waals surface area contributed by atoms with Gasteiger partial charge in [-0.1, -0.05) is 96.5 Å². The Balaban J connectivity index is 1.22. The van der Waals surface area contributed by atoms with Crippen LogP contribution in [0.4, 0.5) is 9.59 Å². The van der Waals surface area contributed by atoms with Crippen molar-refractivity contribution in [1.29, 1.82) is 0 Å². The first-order chi connectivity index (χ1) is 30.3. The van der Waals surface area contributed by atoms with Gasteiger partial charge in [-0.2, -0.15) is 0 Å². The minimum Gasteiger partial charge on any atom is -0.445 e. The summed E-state index contributed by atoms with van der Waals surface area (Å²) in [6.45, 7) is 5.91. The number of aromatic nitrogens is 1. The number of aryl methyl sites for hydroxylation is 1. The molecule has 14 nitrogen and oxygen atoms in total. The molecule has 4 aromatic carbocycles. The highest BCUT2D eigenvalue weighted by Gasteiger charge is 2.44. The van der Waals surface area contributed by atoms with E-state index in [2.05, 4.69) is 20.9 Å². The molecule has 2 heterocycles. The van der Waals surface area contributed by atoms with Crippen molar-refractivity contribution in [1.82, 2.24) is 25.8 Å². The number of aliphatic hydroxyl groups excluding tert-OH is 1. The number of ether oxygens (including phenoxy) is 3. The van der Waals surface area contributed by atoms with Crippen LogP contribution in [0.2, 0.25) is 5.02 Å². The van der Waals surface area contributed by atoms with Crippen molar-refractivity contribution in [2.45, 2.75) is 108 Å². The van der Waals surface area contributed by atoms with E-state index in [1.54, 1.807) is 57.2 Å². The van der Waals surface area contributed by atoms with Crippen LogP contribution in [0, 0.1) is 0 Å². The standard InChI is InChI=1S/C48H56ClN5O9/c1-48(2,3)63-46(58)50-27-13-12-19-38(42(55)44-52-37-18-10-11-20-41(37)62-44)51-43(56)40-28-36(60-30-34-21-24-35(49)25-22-34)29-54(40)45(57)39(26-23-32-14-6-4-7-15-32)53-47(59)61-31-33-16-8-5-9-17-33/h4-11,14-18,20-22,24-25,36,38-40,42,55H,12-13,19,23,26-31H2,1-3H3,(H,50,58)(H,51,56)(H,53,59)/t36-,38+,39-,40+,42?/m1/s1. The molecule has 1 aliphatic rings. The second-order valence-corrected chi connectivity index (χ2v) is 17.0. The molecule has 5 atom stereocenters. The van der Waals surface area contributed by atoms with E-state index in [-0.39, 0.29) is 44.9 Å². The molecule has 0 saturated carbocycles. The van der Waals surface area contributed by atoms with Crippen molar-refractivity contribution in [3.63, 3.8) is 0 Å². The van der Waals surface area contributed by atoms with Gasteiger partial charge in [0.15, 0.2) is 11.7 Å². The molecule has 6 rings (SSSR count). The van der Waals surface area contributed by atoms with Gasteiger partial charge < -0.3 is 44.6 Å². The Morgan fingerprint density at radius 3 is 2.19 bits per heavy atom. The van der Waals surface area contributed by atoms with Gasteiger partial charge >= 0.3 is 12.2 Å². The summed E-state index contributed by atoms with van der Waals surface area (Å²) in [5, 5.41) is 20.9. The average Bonchev–Trinajstić information content (AvgIpc) is 3.91. The fourth-order valence-corrected chi connectivity index (χ4v) is 7.42. The smallest absolute Gasteiger partial charge is 0.408 e. The quantitative estimate of drug-likeness (QED) is 0.0598. The van der Waals surface area contributed by atoms with Gasteiger partial charge in [-0.25, -0.2) is 14.6 Å². The van der Waals surface area contributed by atoms with E-state index < -0.39 is 59.9 Å². The lowest BCUT2D eigenvalue weighted by molar-refractivity contribution is -0.140. The molecule has 1 fully saturated rings. The molecule has 1 saturated heterocycles. The maximum absolute atomic E-state index is 14.8. The van der Waals surface area contributed by atoms with E-state index in [0.29, 0.717) is 41.9 Å². The highest BCUT2D eigenvalue weighted by molar-refractivity contribution is 6.30. The Morgan fingerprint density at radius 1 is 0.825 bits per heavy atom. The minimum absolute atomic E-state index is 0.00247. The first-order valence-corrected chi connectivity index (χ1v) is 21.7. The SMILES string of the molecule is CC(C)(C)OC(=O)NCCCC[C@H](NC(=O)[C@@H]1C[C@@H](OCc2ccc(Cl)cc2)CN1C(=O)[C@@H](CCc1ccccc1)NC(=O)OCc1ccccc1)C(O)c1nc2ccccc2o1. The van der Waals surface area contributed by atoms with E-state index in [4.69, 9.17) is 30.2 Å². The molecule has 334 valence electrons. The summed E-state index contributed by atoms with van der Waals surface area (Å²) in [6.07, 6.45) is -1.15. The molecule has 0 radical (unpaired) electrons. The van der Waals surface area contributed by atoms with E-state index in [0.717, 1.165) is 16.7 Å². The van der Waals surface area contributed by atoms with Gasteiger partial charge in [-0.05, 0) is 93.8 Å². The first kappa shape index (κ1) is 46.5. The molecule has 0 aliphatic carbocycles. The lowest BCUT2D eigenvalue weighted by Crippen LogP contribution is -2.55. The molecule has 5 aromatic rings. The number of benzene rings is 4. The molecule has 0 bridgehead atoms. The number of unbranched alkanes of at least 4 members (excludes halogenated alkanes) is 1. The zero-order chi connectivity index (χ0) is 44.8. The monoisotopic (exact) mass is 881 g/mol. The molecule has 4 N–H and O–H groups in total. The van der Waals surface area contributed by atoms with Crippen LogP contribution in [0.15, 0.2) is 114 Å².